The van der Waals surface area contributed by atoms with Gasteiger partial charge in [0, 0.05) is 10.7 Å². The number of hydrogen-bond donors (Lipinski definition) is 1. The lowest BCUT2D eigenvalue weighted by molar-refractivity contribution is 1.38. The first-order chi connectivity index (χ1) is 5.24. The quantitative estimate of drug-likeness (QED) is 0.557. The highest BCUT2D eigenvalue weighted by molar-refractivity contribution is 6.30. The predicted molar refractivity (Wildman–Crippen MR) is 50.5 cm³/mol. The third-order valence-electron chi connectivity index (χ3n) is 1.46. The van der Waals surface area contributed by atoms with Crippen molar-refractivity contribution in [1.29, 1.82) is 0 Å². The van der Waals surface area contributed by atoms with Crippen molar-refractivity contribution < 1.29 is 0 Å². The van der Waals surface area contributed by atoms with Crippen molar-refractivity contribution in [2.24, 2.45) is 0 Å². The standard InChI is InChI=1S/C8H9Cl2N/c1-6-2-3-7(10)4-8(6)11-5-9/h2-4,11H,5H2,1H3. The third-order valence-corrected chi connectivity index (χ3v) is 1.83. The van der Waals surface area contributed by atoms with Crippen LogP contribution in [0.15, 0.2) is 18.2 Å². The van der Waals surface area contributed by atoms with Crippen molar-refractivity contribution in [3.63, 3.8) is 0 Å². The van der Waals surface area contributed by atoms with Gasteiger partial charge in [0.15, 0.2) is 0 Å². The Balaban J connectivity index is 2.93. The lowest BCUT2D eigenvalue weighted by atomic mass is 10.2. The summed E-state index contributed by atoms with van der Waals surface area (Å²) < 4.78 is 0. The molecule has 0 spiro atoms. The second kappa shape index (κ2) is 3.84. The summed E-state index contributed by atoms with van der Waals surface area (Å²) in [5.41, 5.74) is 2.14. The molecule has 0 aromatic heterocycles. The molecule has 0 amide bonds. The summed E-state index contributed by atoms with van der Waals surface area (Å²) in [7, 11) is 0. The van der Waals surface area contributed by atoms with Crippen LogP contribution in [0.2, 0.25) is 5.02 Å². The van der Waals surface area contributed by atoms with Gasteiger partial charge in [-0.15, -0.1) is 11.6 Å². The minimum Gasteiger partial charge on any atom is -0.371 e. The summed E-state index contributed by atoms with van der Waals surface area (Å²) in [6.07, 6.45) is 0. The summed E-state index contributed by atoms with van der Waals surface area (Å²) >= 11 is 11.3. The molecule has 0 bridgehead atoms. The summed E-state index contributed by atoms with van der Waals surface area (Å²) in [6.45, 7) is 2.01. The van der Waals surface area contributed by atoms with E-state index in [1.807, 2.05) is 25.1 Å². The Morgan fingerprint density at radius 2 is 2.18 bits per heavy atom. The van der Waals surface area contributed by atoms with Crippen molar-refractivity contribution in [3.05, 3.63) is 28.8 Å². The predicted octanol–water partition coefficient (Wildman–Crippen LogP) is 3.26. The molecule has 0 radical (unpaired) electrons. The molecule has 11 heavy (non-hydrogen) atoms. The Bertz CT molecular complexity index is 248. The zero-order chi connectivity index (χ0) is 8.27. The van der Waals surface area contributed by atoms with E-state index in [0.29, 0.717) is 6.00 Å². The molecule has 0 saturated heterocycles. The smallest absolute Gasteiger partial charge is 0.0901 e. The second-order valence-electron chi connectivity index (χ2n) is 2.27. The van der Waals surface area contributed by atoms with Crippen LogP contribution in [0.3, 0.4) is 0 Å². The largest absolute Gasteiger partial charge is 0.371 e. The van der Waals surface area contributed by atoms with Crippen LogP contribution in [-0.2, 0) is 0 Å². The van der Waals surface area contributed by atoms with Gasteiger partial charge in [-0.05, 0) is 24.6 Å². The third kappa shape index (κ3) is 2.28. The van der Waals surface area contributed by atoms with Crippen LogP contribution in [0.1, 0.15) is 5.56 Å². The van der Waals surface area contributed by atoms with Crippen LogP contribution in [0, 0.1) is 6.92 Å². The van der Waals surface area contributed by atoms with Crippen LogP contribution in [0.25, 0.3) is 0 Å². The number of nitrogens with one attached hydrogen (secondary N) is 1. The highest BCUT2D eigenvalue weighted by Crippen LogP contribution is 2.19. The van der Waals surface area contributed by atoms with Gasteiger partial charge >= 0.3 is 0 Å². The van der Waals surface area contributed by atoms with Crippen LogP contribution in [-0.4, -0.2) is 6.00 Å². The van der Waals surface area contributed by atoms with E-state index in [9.17, 15) is 0 Å². The molecule has 0 heterocycles. The maximum absolute atomic E-state index is 5.77. The minimum absolute atomic E-state index is 0.404. The fourth-order valence-electron chi connectivity index (χ4n) is 0.857. The van der Waals surface area contributed by atoms with Crippen molar-refractivity contribution in [2.45, 2.75) is 6.92 Å². The van der Waals surface area contributed by atoms with E-state index in [1.165, 1.54) is 0 Å². The lowest BCUT2D eigenvalue weighted by Crippen LogP contribution is -1.95. The molecule has 0 unspecified atom stereocenters. The van der Waals surface area contributed by atoms with E-state index >= 15 is 0 Å². The molecule has 0 saturated carbocycles. The first kappa shape index (κ1) is 8.69. The molecule has 1 aromatic carbocycles. The molecule has 1 rings (SSSR count). The second-order valence-corrected chi connectivity index (χ2v) is 2.97. The van der Waals surface area contributed by atoms with E-state index in [-0.39, 0.29) is 0 Å². The van der Waals surface area contributed by atoms with Gasteiger partial charge in [0.05, 0.1) is 6.00 Å². The topological polar surface area (TPSA) is 12.0 Å². The Morgan fingerprint density at radius 3 is 2.82 bits per heavy atom. The fourth-order valence-corrected chi connectivity index (χ4v) is 1.17. The Kier molecular flexibility index (Phi) is 3.03. The van der Waals surface area contributed by atoms with Gasteiger partial charge in [0.2, 0.25) is 0 Å². The van der Waals surface area contributed by atoms with Crippen molar-refractivity contribution >= 4 is 28.9 Å². The first-order valence-corrected chi connectivity index (χ1v) is 4.21. The molecular weight excluding hydrogens is 181 g/mol. The number of aryl methyl sites for hydroxylation is 1. The molecule has 3 heteroatoms. The summed E-state index contributed by atoms with van der Waals surface area (Å²) in [5, 5.41) is 3.72. The van der Waals surface area contributed by atoms with Crippen molar-refractivity contribution in [3.8, 4) is 0 Å². The molecular formula is C8H9Cl2N. The highest BCUT2D eigenvalue weighted by Gasteiger charge is 1.96. The number of halogens is 2. The summed E-state index contributed by atoms with van der Waals surface area (Å²) in [4.78, 5) is 0. The first-order valence-electron chi connectivity index (χ1n) is 3.30. The van der Waals surface area contributed by atoms with E-state index in [2.05, 4.69) is 5.32 Å². The molecule has 0 fully saturated rings. The zero-order valence-corrected chi connectivity index (χ0v) is 7.71. The maximum atomic E-state index is 5.77. The van der Waals surface area contributed by atoms with Gasteiger partial charge in [0.1, 0.15) is 0 Å². The lowest BCUT2D eigenvalue weighted by Gasteiger charge is -2.05. The van der Waals surface area contributed by atoms with E-state index in [4.69, 9.17) is 23.2 Å². The number of anilines is 1. The van der Waals surface area contributed by atoms with Crippen LogP contribution < -0.4 is 5.32 Å². The van der Waals surface area contributed by atoms with Gasteiger partial charge in [-0.25, -0.2) is 0 Å². The number of alkyl halides is 1. The Labute approximate surface area is 76.3 Å². The zero-order valence-electron chi connectivity index (χ0n) is 6.20. The summed E-state index contributed by atoms with van der Waals surface area (Å²) in [5.74, 6) is 0. The molecule has 1 N–H and O–H groups in total. The minimum atomic E-state index is 0.404. The maximum Gasteiger partial charge on any atom is 0.0901 e. The fraction of sp³-hybridized carbons (Fsp3) is 0.250. The average Bonchev–Trinajstić information content (AvgIpc) is 1.98. The average molecular weight is 190 g/mol. The molecule has 1 aromatic rings. The molecule has 0 aliphatic carbocycles. The molecule has 0 aliphatic rings. The number of rotatable bonds is 2. The molecule has 1 nitrogen and oxygen atoms in total. The van der Waals surface area contributed by atoms with Gasteiger partial charge in [-0.3, -0.25) is 0 Å². The number of benzene rings is 1. The SMILES string of the molecule is Cc1ccc(Cl)cc1NCCl. The van der Waals surface area contributed by atoms with Crippen LogP contribution in [0.4, 0.5) is 5.69 Å². The highest BCUT2D eigenvalue weighted by atomic mass is 35.5. The van der Waals surface area contributed by atoms with E-state index in [0.717, 1.165) is 16.3 Å². The van der Waals surface area contributed by atoms with Crippen molar-refractivity contribution in [2.75, 3.05) is 11.3 Å². The van der Waals surface area contributed by atoms with E-state index < -0.39 is 0 Å². The molecule has 0 aliphatic heterocycles. The van der Waals surface area contributed by atoms with Crippen LogP contribution in [0.5, 0.6) is 0 Å². The Morgan fingerprint density at radius 1 is 1.45 bits per heavy atom. The van der Waals surface area contributed by atoms with Crippen LogP contribution >= 0.6 is 23.2 Å². The van der Waals surface area contributed by atoms with Gasteiger partial charge in [-0.2, -0.15) is 0 Å². The number of hydrogen-bond acceptors (Lipinski definition) is 1. The van der Waals surface area contributed by atoms with Crippen molar-refractivity contribution in [1.82, 2.24) is 0 Å². The normalized spacial score (nSPS) is 9.73. The molecule has 0 atom stereocenters. The van der Waals surface area contributed by atoms with E-state index in [1.54, 1.807) is 0 Å². The Hall–Kier alpha value is -0.400. The monoisotopic (exact) mass is 189 g/mol. The van der Waals surface area contributed by atoms with Gasteiger partial charge < -0.3 is 5.32 Å². The molecule has 60 valence electrons. The summed E-state index contributed by atoms with van der Waals surface area (Å²) in [6, 6.07) is 6.08. The van der Waals surface area contributed by atoms with Gasteiger partial charge in [-0.1, -0.05) is 17.7 Å². The van der Waals surface area contributed by atoms with Gasteiger partial charge in [0.25, 0.3) is 0 Å².